The highest BCUT2D eigenvalue weighted by Crippen LogP contribution is 2.30. The molecule has 2 aromatic heterocycles. The van der Waals surface area contributed by atoms with Crippen LogP contribution in [0.4, 0.5) is 0 Å². The lowest BCUT2D eigenvalue weighted by Gasteiger charge is -2.20. The Hall–Kier alpha value is -2.62. The molecule has 0 bridgehead atoms. The number of carbonyl (C=O) groups excluding carboxylic acids is 2. The molecule has 0 N–H and O–H groups in total. The van der Waals surface area contributed by atoms with Crippen molar-refractivity contribution in [3.63, 3.8) is 0 Å². The maximum Gasteiger partial charge on any atom is 0.337 e. The summed E-state index contributed by atoms with van der Waals surface area (Å²) in [5.41, 5.74) is -0.615. The number of aryl methyl sites for hydroxylation is 1. The van der Waals surface area contributed by atoms with Gasteiger partial charge >= 0.3 is 5.69 Å². The van der Waals surface area contributed by atoms with Crippen LogP contribution in [0.15, 0.2) is 27.8 Å². The summed E-state index contributed by atoms with van der Waals surface area (Å²) in [6.07, 6.45) is 0. The summed E-state index contributed by atoms with van der Waals surface area (Å²) in [7, 11) is 3.22. The highest BCUT2D eigenvalue weighted by atomic mass is 35.5. The van der Waals surface area contributed by atoms with Crippen molar-refractivity contribution in [3.05, 3.63) is 59.5 Å². The Labute approximate surface area is 204 Å². The van der Waals surface area contributed by atoms with Crippen LogP contribution in [-0.2, 0) is 11.3 Å². The van der Waals surface area contributed by atoms with E-state index in [0.717, 1.165) is 15.9 Å². The maximum absolute atomic E-state index is 13.5. The Kier molecular flexibility index (Phi) is 7.36. The number of halogens is 2. The van der Waals surface area contributed by atoms with E-state index in [0.29, 0.717) is 23.5 Å². The summed E-state index contributed by atoms with van der Waals surface area (Å²) in [6, 6.07) is 4.41. The molecule has 11 heteroatoms. The van der Waals surface area contributed by atoms with Gasteiger partial charge in [-0.25, -0.2) is 9.36 Å². The van der Waals surface area contributed by atoms with Gasteiger partial charge in [0, 0.05) is 27.2 Å². The third-order valence-electron chi connectivity index (χ3n) is 5.38. The van der Waals surface area contributed by atoms with Crippen molar-refractivity contribution in [2.24, 2.45) is 0 Å². The Balaban J connectivity index is 2.41. The molecular weight excluding hydrogens is 487 g/mol. The van der Waals surface area contributed by atoms with E-state index < -0.39 is 11.2 Å². The molecule has 176 valence electrons. The highest BCUT2D eigenvalue weighted by Gasteiger charge is 2.26. The molecule has 33 heavy (non-hydrogen) atoms. The highest BCUT2D eigenvalue weighted by molar-refractivity contribution is 7.20. The molecule has 0 aliphatic rings. The average Bonchev–Trinajstić information content (AvgIpc) is 3.11. The third kappa shape index (κ3) is 4.45. The number of fused-ring (bicyclic) bond motifs is 1. The fourth-order valence-electron chi connectivity index (χ4n) is 3.56. The number of aromatic nitrogens is 2. The van der Waals surface area contributed by atoms with Gasteiger partial charge in [0.05, 0.1) is 26.0 Å². The molecule has 0 spiro atoms. The number of hydrogen-bond acceptors (Lipinski definition) is 5. The Morgan fingerprint density at radius 2 is 1.70 bits per heavy atom. The first kappa shape index (κ1) is 25.0. The second-order valence-electron chi connectivity index (χ2n) is 7.61. The molecule has 2 amide bonds. The van der Waals surface area contributed by atoms with E-state index in [1.54, 1.807) is 25.9 Å². The van der Waals surface area contributed by atoms with E-state index >= 15 is 0 Å². The molecule has 3 rings (SSSR count). The van der Waals surface area contributed by atoms with E-state index in [-0.39, 0.29) is 44.3 Å². The summed E-state index contributed by atoms with van der Waals surface area (Å²) in [5, 5.41) is 0.664. The molecule has 0 atom stereocenters. The van der Waals surface area contributed by atoms with Crippen molar-refractivity contribution < 1.29 is 9.59 Å². The number of thiophene rings is 1. The smallest absolute Gasteiger partial charge is 0.337 e. The zero-order chi connectivity index (χ0) is 24.6. The summed E-state index contributed by atoms with van der Waals surface area (Å²) in [5.74, 6) is -0.558. The van der Waals surface area contributed by atoms with E-state index in [4.69, 9.17) is 23.2 Å². The number of amides is 2. The minimum atomic E-state index is -0.698. The monoisotopic (exact) mass is 510 g/mol. The summed E-state index contributed by atoms with van der Waals surface area (Å²) < 4.78 is 2.22. The molecule has 1 aromatic carbocycles. The van der Waals surface area contributed by atoms with Crippen LogP contribution < -0.4 is 11.2 Å². The van der Waals surface area contributed by atoms with Crippen LogP contribution in [0.1, 0.15) is 29.1 Å². The van der Waals surface area contributed by atoms with E-state index in [1.807, 2.05) is 13.8 Å². The van der Waals surface area contributed by atoms with Gasteiger partial charge in [0.2, 0.25) is 5.91 Å². The summed E-state index contributed by atoms with van der Waals surface area (Å²) >= 11 is 13.2. The fraction of sp³-hybridized carbons (Fsp3) is 0.364. The number of rotatable bonds is 6. The molecule has 0 unspecified atom stereocenters. The molecule has 0 aliphatic heterocycles. The SMILES string of the molecule is CCN(CC)C(=O)Cn1c(=O)n(-c2ccc(Cl)c(Cl)c2)c(=O)c2c(C)c(C(=O)N(C)C)sc21. The predicted molar refractivity (Wildman–Crippen MR) is 132 cm³/mol. The largest absolute Gasteiger partial charge is 0.344 e. The fourth-order valence-corrected chi connectivity index (χ4v) is 5.16. The quantitative estimate of drug-likeness (QED) is 0.508. The molecule has 0 saturated carbocycles. The van der Waals surface area contributed by atoms with Crippen LogP contribution in [-0.4, -0.2) is 57.9 Å². The van der Waals surface area contributed by atoms with Crippen LogP contribution in [0.2, 0.25) is 10.0 Å². The molecule has 2 heterocycles. The van der Waals surface area contributed by atoms with E-state index in [9.17, 15) is 19.2 Å². The zero-order valence-corrected chi connectivity index (χ0v) is 21.3. The van der Waals surface area contributed by atoms with Crippen LogP contribution in [0, 0.1) is 6.92 Å². The number of likely N-dealkylation sites (N-methyl/N-ethyl adjacent to an activating group) is 1. The van der Waals surface area contributed by atoms with Gasteiger partial charge in [-0.3, -0.25) is 19.0 Å². The van der Waals surface area contributed by atoms with Crippen molar-refractivity contribution in [1.82, 2.24) is 18.9 Å². The van der Waals surface area contributed by atoms with Crippen LogP contribution in [0.25, 0.3) is 15.9 Å². The van der Waals surface area contributed by atoms with E-state index in [2.05, 4.69) is 0 Å². The second kappa shape index (κ2) is 9.70. The Morgan fingerprint density at radius 1 is 1.06 bits per heavy atom. The second-order valence-corrected chi connectivity index (χ2v) is 9.42. The predicted octanol–water partition coefficient (Wildman–Crippen LogP) is 3.40. The van der Waals surface area contributed by atoms with Crippen molar-refractivity contribution in [1.29, 1.82) is 0 Å². The summed E-state index contributed by atoms with van der Waals surface area (Å²) in [6.45, 7) is 6.05. The first-order valence-electron chi connectivity index (χ1n) is 10.3. The zero-order valence-electron chi connectivity index (χ0n) is 18.9. The van der Waals surface area contributed by atoms with Crippen LogP contribution >= 0.6 is 34.5 Å². The van der Waals surface area contributed by atoms with Gasteiger partial charge in [-0.1, -0.05) is 23.2 Å². The van der Waals surface area contributed by atoms with Gasteiger partial charge in [0.15, 0.2) is 0 Å². The van der Waals surface area contributed by atoms with Gasteiger partial charge in [-0.15, -0.1) is 11.3 Å². The van der Waals surface area contributed by atoms with Gasteiger partial charge in [-0.05, 0) is 44.5 Å². The lowest BCUT2D eigenvalue weighted by molar-refractivity contribution is -0.131. The lowest BCUT2D eigenvalue weighted by atomic mass is 10.2. The first-order valence-corrected chi connectivity index (χ1v) is 11.8. The molecule has 3 aromatic rings. The Bertz CT molecular complexity index is 1370. The van der Waals surface area contributed by atoms with Gasteiger partial charge in [-0.2, -0.15) is 0 Å². The summed E-state index contributed by atoms with van der Waals surface area (Å²) in [4.78, 5) is 56.3. The molecule has 0 aliphatic carbocycles. The van der Waals surface area contributed by atoms with Gasteiger partial charge < -0.3 is 9.80 Å². The molecule has 0 saturated heterocycles. The minimum absolute atomic E-state index is 0.178. The standard InChI is InChI=1S/C22H24Cl2N4O4S/c1-6-26(7-2)16(29)11-27-21-17(12(3)18(33-21)20(31)25(4)5)19(30)28(22(27)32)13-8-9-14(23)15(24)10-13/h8-10H,6-7,11H2,1-5H3. The van der Waals surface area contributed by atoms with Crippen molar-refractivity contribution in [3.8, 4) is 5.69 Å². The van der Waals surface area contributed by atoms with Crippen molar-refractivity contribution in [2.45, 2.75) is 27.3 Å². The molecular formula is C22H24Cl2N4O4S. The number of nitrogens with zero attached hydrogens (tertiary/aromatic N) is 4. The van der Waals surface area contributed by atoms with Crippen molar-refractivity contribution in [2.75, 3.05) is 27.2 Å². The number of hydrogen-bond donors (Lipinski definition) is 0. The van der Waals surface area contributed by atoms with E-state index in [1.165, 1.54) is 27.7 Å². The van der Waals surface area contributed by atoms with Gasteiger partial charge in [0.25, 0.3) is 11.5 Å². The average molecular weight is 511 g/mol. The number of benzene rings is 1. The number of carbonyl (C=O) groups is 2. The van der Waals surface area contributed by atoms with Crippen molar-refractivity contribution >= 4 is 56.6 Å². The maximum atomic E-state index is 13.5. The topological polar surface area (TPSA) is 84.6 Å². The third-order valence-corrected chi connectivity index (χ3v) is 7.43. The van der Waals surface area contributed by atoms with Crippen LogP contribution in [0.3, 0.4) is 0 Å². The van der Waals surface area contributed by atoms with Gasteiger partial charge in [0.1, 0.15) is 11.4 Å². The van der Waals surface area contributed by atoms with Crippen LogP contribution in [0.5, 0.6) is 0 Å². The first-order chi connectivity index (χ1) is 15.5. The molecule has 0 radical (unpaired) electrons. The molecule has 0 fully saturated rings. The Morgan fingerprint density at radius 3 is 2.24 bits per heavy atom. The molecule has 8 nitrogen and oxygen atoms in total. The normalized spacial score (nSPS) is 11.1. The minimum Gasteiger partial charge on any atom is -0.344 e. The lowest BCUT2D eigenvalue weighted by Crippen LogP contribution is -2.42.